The lowest BCUT2D eigenvalue weighted by Gasteiger charge is -2.22. The van der Waals surface area contributed by atoms with E-state index in [1.807, 2.05) is 0 Å². The highest BCUT2D eigenvalue weighted by atomic mass is 35.5. The maximum Gasteiger partial charge on any atom is 0.321 e. The first kappa shape index (κ1) is 15.7. The number of nitrogens with one attached hydrogen (secondary N) is 3. The third kappa shape index (κ3) is 5.53. The fourth-order valence-electron chi connectivity index (χ4n) is 0.975. The second-order valence-electron chi connectivity index (χ2n) is 4.25. The monoisotopic (exact) mass is 263 g/mol. The van der Waals surface area contributed by atoms with Gasteiger partial charge in [-0.25, -0.2) is 4.79 Å². The molecule has 0 saturated carbocycles. The molecule has 4 amide bonds. The molecule has 1 unspecified atom stereocenters. The van der Waals surface area contributed by atoms with E-state index >= 15 is 0 Å². The molecule has 0 rings (SSSR count). The van der Waals surface area contributed by atoms with Gasteiger partial charge in [0.2, 0.25) is 11.8 Å². The molecule has 0 aromatic rings. The van der Waals surface area contributed by atoms with E-state index in [1.165, 1.54) is 14.0 Å². The summed E-state index contributed by atoms with van der Waals surface area (Å²) in [6.45, 7) is 4.93. The molecule has 0 aromatic carbocycles. The lowest BCUT2D eigenvalue weighted by molar-refractivity contribution is -0.128. The van der Waals surface area contributed by atoms with Gasteiger partial charge in [-0.05, 0) is 20.8 Å². The quantitative estimate of drug-likeness (QED) is 0.634. The van der Waals surface area contributed by atoms with E-state index in [-0.39, 0.29) is 12.5 Å². The van der Waals surface area contributed by atoms with Crippen LogP contribution >= 0.6 is 11.6 Å². The van der Waals surface area contributed by atoms with Crippen LogP contribution in [0.15, 0.2) is 0 Å². The van der Waals surface area contributed by atoms with Crippen molar-refractivity contribution < 1.29 is 14.4 Å². The van der Waals surface area contributed by atoms with E-state index in [9.17, 15) is 14.4 Å². The molecule has 0 aromatic heterocycles. The van der Waals surface area contributed by atoms with Crippen LogP contribution in [0.2, 0.25) is 0 Å². The van der Waals surface area contributed by atoms with E-state index in [0.29, 0.717) is 0 Å². The normalized spacial score (nSPS) is 12.5. The Kier molecular flexibility index (Phi) is 5.95. The molecule has 17 heavy (non-hydrogen) atoms. The van der Waals surface area contributed by atoms with Gasteiger partial charge in [-0.15, -0.1) is 11.6 Å². The van der Waals surface area contributed by atoms with Crippen LogP contribution < -0.4 is 16.0 Å². The fraction of sp³-hybridized carbons (Fsp3) is 0.700. The maximum atomic E-state index is 11.4. The van der Waals surface area contributed by atoms with Crippen LogP contribution in [-0.2, 0) is 9.59 Å². The fourth-order valence-corrected chi connectivity index (χ4v) is 1.03. The van der Waals surface area contributed by atoms with Crippen molar-refractivity contribution in [2.75, 3.05) is 13.6 Å². The van der Waals surface area contributed by atoms with Crippen molar-refractivity contribution in [3.05, 3.63) is 0 Å². The minimum atomic E-state index is -0.785. The molecular weight excluding hydrogens is 246 g/mol. The van der Waals surface area contributed by atoms with Crippen molar-refractivity contribution >= 4 is 29.4 Å². The first-order valence-electron chi connectivity index (χ1n) is 5.15. The molecule has 0 spiro atoms. The molecule has 3 N–H and O–H groups in total. The zero-order chi connectivity index (χ0) is 13.6. The number of carbonyl (C=O) groups excluding carboxylic acids is 3. The van der Waals surface area contributed by atoms with Gasteiger partial charge < -0.3 is 10.6 Å². The van der Waals surface area contributed by atoms with Gasteiger partial charge in [-0.3, -0.25) is 14.9 Å². The predicted molar refractivity (Wildman–Crippen MR) is 64.7 cm³/mol. The van der Waals surface area contributed by atoms with Gasteiger partial charge >= 0.3 is 6.03 Å². The van der Waals surface area contributed by atoms with Crippen molar-refractivity contribution in [3.8, 4) is 0 Å². The Labute approximate surface area is 105 Å². The second kappa shape index (κ2) is 6.44. The molecule has 0 aliphatic rings. The standard InChI is InChI=1S/C10H18ClN3O3/c1-6(11)7(15)14-9(17)13-5-10(2,3)8(16)12-4/h6H,5H2,1-4H3,(H,12,16)(H2,13,14,15,17). The number of urea groups is 1. The Morgan fingerprint density at radius 3 is 2.24 bits per heavy atom. The first-order valence-corrected chi connectivity index (χ1v) is 5.59. The SMILES string of the molecule is CNC(=O)C(C)(C)CNC(=O)NC(=O)C(C)Cl. The second-order valence-corrected chi connectivity index (χ2v) is 4.91. The summed E-state index contributed by atoms with van der Waals surface area (Å²) < 4.78 is 0. The van der Waals surface area contributed by atoms with Crippen LogP contribution in [0.3, 0.4) is 0 Å². The molecule has 0 bridgehead atoms. The summed E-state index contributed by atoms with van der Waals surface area (Å²) in [6, 6.07) is -0.667. The number of hydrogen-bond donors (Lipinski definition) is 3. The number of halogens is 1. The maximum absolute atomic E-state index is 11.4. The predicted octanol–water partition coefficient (Wildman–Crippen LogP) is 0.212. The molecular formula is C10H18ClN3O3. The number of rotatable bonds is 4. The highest BCUT2D eigenvalue weighted by molar-refractivity contribution is 6.31. The Morgan fingerprint density at radius 1 is 1.29 bits per heavy atom. The van der Waals surface area contributed by atoms with Crippen molar-refractivity contribution in [1.82, 2.24) is 16.0 Å². The van der Waals surface area contributed by atoms with Crippen LogP contribution in [-0.4, -0.2) is 36.8 Å². The molecule has 0 aliphatic heterocycles. The molecule has 98 valence electrons. The summed E-state index contributed by atoms with van der Waals surface area (Å²) in [6.07, 6.45) is 0. The Hall–Kier alpha value is -1.30. The summed E-state index contributed by atoms with van der Waals surface area (Å²) in [5.41, 5.74) is -0.748. The molecule has 0 radical (unpaired) electrons. The minimum Gasteiger partial charge on any atom is -0.359 e. The molecule has 0 heterocycles. The van der Waals surface area contributed by atoms with E-state index in [1.54, 1.807) is 13.8 Å². The minimum absolute atomic E-state index is 0.114. The topological polar surface area (TPSA) is 87.3 Å². The summed E-state index contributed by atoms with van der Waals surface area (Å²) >= 11 is 5.48. The van der Waals surface area contributed by atoms with Gasteiger partial charge in [-0.2, -0.15) is 0 Å². The summed E-state index contributed by atoms with van der Waals surface area (Å²) in [4.78, 5) is 33.8. The van der Waals surface area contributed by atoms with Crippen LogP contribution in [0.5, 0.6) is 0 Å². The summed E-state index contributed by atoms with van der Waals surface area (Å²) in [5.74, 6) is -0.781. The number of amides is 4. The van der Waals surface area contributed by atoms with Gasteiger partial charge in [-0.1, -0.05) is 0 Å². The highest BCUT2D eigenvalue weighted by Gasteiger charge is 2.27. The van der Waals surface area contributed by atoms with E-state index in [0.717, 1.165) is 0 Å². The van der Waals surface area contributed by atoms with E-state index in [2.05, 4.69) is 16.0 Å². The molecule has 0 saturated heterocycles. The average molecular weight is 264 g/mol. The summed E-state index contributed by atoms with van der Waals surface area (Å²) in [7, 11) is 1.52. The lowest BCUT2D eigenvalue weighted by atomic mass is 9.92. The van der Waals surface area contributed by atoms with E-state index < -0.39 is 22.7 Å². The van der Waals surface area contributed by atoms with Gasteiger partial charge in [0.25, 0.3) is 0 Å². The van der Waals surface area contributed by atoms with Gasteiger partial charge in [0.15, 0.2) is 0 Å². The molecule has 6 nitrogen and oxygen atoms in total. The van der Waals surface area contributed by atoms with Crippen molar-refractivity contribution in [2.24, 2.45) is 5.41 Å². The smallest absolute Gasteiger partial charge is 0.321 e. The number of imide groups is 1. The van der Waals surface area contributed by atoms with Crippen molar-refractivity contribution in [1.29, 1.82) is 0 Å². The zero-order valence-corrected chi connectivity index (χ0v) is 11.1. The third-order valence-electron chi connectivity index (χ3n) is 2.13. The molecule has 0 fully saturated rings. The van der Waals surface area contributed by atoms with Gasteiger partial charge in [0.1, 0.15) is 5.38 Å². The number of alkyl halides is 1. The lowest BCUT2D eigenvalue weighted by Crippen LogP contribution is -2.48. The number of carbonyl (C=O) groups is 3. The Bertz CT molecular complexity index is 316. The van der Waals surface area contributed by atoms with E-state index in [4.69, 9.17) is 11.6 Å². The van der Waals surface area contributed by atoms with Gasteiger partial charge in [0, 0.05) is 13.6 Å². The average Bonchev–Trinajstić information content (AvgIpc) is 2.25. The summed E-state index contributed by atoms with van der Waals surface area (Å²) in [5, 5.41) is 6.19. The Morgan fingerprint density at radius 2 is 1.82 bits per heavy atom. The first-order chi connectivity index (χ1) is 7.70. The van der Waals surface area contributed by atoms with Crippen LogP contribution in [0, 0.1) is 5.41 Å². The van der Waals surface area contributed by atoms with Crippen molar-refractivity contribution in [2.45, 2.75) is 26.1 Å². The van der Waals surface area contributed by atoms with Crippen molar-refractivity contribution in [3.63, 3.8) is 0 Å². The highest BCUT2D eigenvalue weighted by Crippen LogP contribution is 2.12. The Balaban J connectivity index is 4.17. The third-order valence-corrected chi connectivity index (χ3v) is 2.33. The molecule has 1 atom stereocenters. The number of hydrogen-bond acceptors (Lipinski definition) is 3. The van der Waals surface area contributed by atoms with Crippen LogP contribution in [0.4, 0.5) is 4.79 Å². The largest absolute Gasteiger partial charge is 0.359 e. The molecule has 0 aliphatic carbocycles. The zero-order valence-electron chi connectivity index (χ0n) is 10.4. The van der Waals surface area contributed by atoms with Gasteiger partial charge in [0.05, 0.1) is 5.41 Å². The van der Waals surface area contributed by atoms with Crippen LogP contribution in [0.1, 0.15) is 20.8 Å². The molecule has 7 heteroatoms. The van der Waals surface area contributed by atoms with Crippen LogP contribution in [0.25, 0.3) is 0 Å².